The number of pyridine rings is 1. The summed E-state index contributed by atoms with van der Waals surface area (Å²) in [6.45, 7) is 1.94. The smallest absolute Gasteiger partial charge is 0.201 e. The van der Waals surface area contributed by atoms with Gasteiger partial charge < -0.3 is 4.74 Å². The van der Waals surface area contributed by atoms with Crippen molar-refractivity contribution in [1.29, 1.82) is 0 Å². The summed E-state index contributed by atoms with van der Waals surface area (Å²) in [7, 11) is 0. The maximum Gasteiger partial charge on any atom is 0.201 e. The van der Waals surface area contributed by atoms with Gasteiger partial charge in [-0.05, 0) is 30.7 Å². The molecule has 1 aromatic carbocycles. The summed E-state index contributed by atoms with van der Waals surface area (Å²) in [5.41, 5.74) is 1.55. The van der Waals surface area contributed by atoms with Crippen LogP contribution in [0.4, 0.5) is 0 Å². The quantitative estimate of drug-likeness (QED) is 0.754. The number of hydrogen-bond donors (Lipinski definition) is 0. The lowest BCUT2D eigenvalue weighted by Crippen LogP contribution is -2.11. The van der Waals surface area contributed by atoms with E-state index >= 15 is 0 Å². The summed E-state index contributed by atoms with van der Waals surface area (Å²) in [4.78, 5) is 15.8. The molecular weight excluding hydrogens is 214 g/mol. The van der Waals surface area contributed by atoms with Crippen molar-refractivity contribution < 1.29 is 9.53 Å². The first-order chi connectivity index (χ1) is 8.25. The Kier molecular flexibility index (Phi) is 3.50. The zero-order valence-corrected chi connectivity index (χ0v) is 9.59. The van der Waals surface area contributed by atoms with E-state index in [1.807, 2.05) is 43.3 Å². The number of para-hydroxylation sites is 1. The zero-order valence-electron chi connectivity index (χ0n) is 9.59. The van der Waals surface area contributed by atoms with Crippen molar-refractivity contribution in [3.05, 3.63) is 59.9 Å². The first-order valence-corrected chi connectivity index (χ1v) is 5.38. The van der Waals surface area contributed by atoms with E-state index in [1.165, 1.54) is 0 Å². The van der Waals surface area contributed by atoms with Crippen molar-refractivity contribution in [2.24, 2.45) is 0 Å². The number of ketones is 1. The van der Waals surface area contributed by atoms with Crippen molar-refractivity contribution in [2.45, 2.75) is 6.92 Å². The van der Waals surface area contributed by atoms with Gasteiger partial charge in [0, 0.05) is 18.0 Å². The second kappa shape index (κ2) is 5.25. The third-order valence-corrected chi connectivity index (χ3v) is 2.31. The largest absolute Gasteiger partial charge is 0.485 e. The predicted octanol–water partition coefficient (Wildman–Crippen LogP) is 2.65. The number of aryl methyl sites for hydroxylation is 1. The molecule has 1 aromatic heterocycles. The van der Waals surface area contributed by atoms with Crippen LogP contribution >= 0.6 is 0 Å². The van der Waals surface area contributed by atoms with E-state index in [-0.39, 0.29) is 12.4 Å². The van der Waals surface area contributed by atoms with Gasteiger partial charge in [0.05, 0.1) is 0 Å². The van der Waals surface area contributed by atoms with Gasteiger partial charge in [0.2, 0.25) is 5.78 Å². The van der Waals surface area contributed by atoms with Crippen molar-refractivity contribution in [3.8, 4) is 5.75 Å². The van der Waals surface area contributed by atoms with Crippen LogP contribution < -0.4 is 4.74 Å². The van der Waals surface area contributed by atoms with Gasteiger partial charge in [0.15, 0.2) is 6.61 Å². The van der Waals surface area contributed by atoms with Crippen molar-refractivity contribution in [2.75, 3.05) is 6.61 Å². The Hall–Kier alpha value is -2.16. The fourth-order valence-electron chi connectivity index (χ4n) is 1.46. The van der Waals surface area contributed by atoms with E-state index in [2.05, 4.69) is 4.98 Å². The summed E-state index contributed by atoms with van der Waals surface area (Å²) in [6, 6.07) is 11.1. The maximum atomic E-state index is 11.8. The highest BCUT2D eigenvalue weighted by molar-refractivity contribution is 5.97. The Morgan fingerprint density at radius 3 is 2.71 bits per heavy atom. The zero-order chi connectivity index (χ0) is 12.1. The highest BCUT2D eigenvalue weighted by Crippen LogP contribution is 2.09. The van der Waals surface area contributed by atoms with Crippen molar-refractivity contribution in [1.82, 2.24) is 4.98 Å². The number of ether oxygens (including phenoxy) is 1. The van der Waals surface area contributed by atoms with Gasteiger partial charge in [-0.15, -0.1) is 0 Å². The molecule has 1 heterocycles. The van der Waals surface area contributed by atoms with Gasteiger partial charge >= 0.3 is 0 Å². The molecule has 0 saturated carbocycles. The molecule has 0 saturated heterocycles. The molecule has 0 N–H and O–H groups in total. The topological polar surface area (TPSA) is 39.2 Å². The van der Waals surface area contributed by atoms with E-state index < -0.39 is 0 Å². The number of nitrogens with zero attached hydrogens (tertiary/aromatic N) is 1. The highest BCUT2D eigenvalue weighted by Gasteiger charge is 2.07. The molecule has 0 unspecified atom stereocenters. The molecule has 0 atom stereocenters. The van der Waals surface area contributed by atoms with Crippen LogP contribution in [0.2, 0.25) is 0 Å². The van der Waals surface area contributed by atoms with Crippen LogP contribution in [-0.4, -0.2) is 17.4 Å². The average Bonchev–Trinajstić information content (AvgIpc) is 2.37. The number of carbonyl (C=O) groups excluding carboxylic acids is 1. The van der Waals surface area contributed by atoms with Gasteiger partial charge in [-0.25, -0.2) is 0 Å². The Balaban J connectivity index is 1.98. The van der Waals surface area contributed by atoms with E-state index in [4.69, 9.17) is 4.74 Å². The lowest BCUT2D eigenvalue weighted by atomic mass is 10.1. The molecule has 0 aliphatic rings. The molecule has 0 amide bonds. The SMILES string of the molecule is Cc1cncc(C(=O)COc2ccccc2)c1. The Morgan fingerprint density at radius 1 is 1.24 bits per heavy atom. The van der Waals surface area contributed by atoms with Gasteiger partial charge in [-0.1, -0.05) is 18.2 Å². The molecule has 0 aliphatic carbocycles. The summed E-state index contributed by atoms with van der Waals surface area (Å²) >= 11 is 0. The third-order valence-electron chi connectivity index (χ3n) is 2.31. The van der Waals surface area contributed by atoms with Gasteiger partial charge in [-0.2, -0.15) is 0 Å². The lowest BCUT2D eigenvalue weighted by molar-refractivity contribution is 0.0921. The average molecular weight is 227 g/mol. The van der Waals surface area contributed by atoms with E-state index in [0.717, 1.165) is 5.56 Å². The van der Waals surface area contributed by atoms with Gasteiger partial charge in [0.25, 0.3) is 0 Å². The Labute approximate surface area is 100 Å². The first kappa shape index (κ1) is 11.3. The molecule has 2 aromatic rings. The summed E-state index contributed by atoms with van der Waals surface area (Å²) in [5, 5.41) is 0. The van der Waals surface area contributed by atoms with E-state index in [1.54, 1.807) is 12.4 Å². The number of hydrogen-bond acceptors (Lipinski definition) is 3. The monoisotopic (exact) mass is 227 g/mol. The van der Waals surface area contributed by atoms with Crippen molar-refractivity contribution in [3.63, 3.8) is 0 Å². The van der Waals surface area contributed by atoms with Crippen LogP contribution in [0.1, 0.15) is 15.9 Å². The predicted molar refractivity (Wildman–Crippen MR) is 65.2 cm³/mol. The van der Waals surface area contributed by atoms with Crippen LogP contribution in [0.15, 0.2) is 48.8 Å². The van der Waals surface area contributed by atoms with Crippen LogP contribution in [-0.2, 0) is 0 Å². The second-order valence-corrected chi connectivity index (χ2v) is 3.78. The van der Waals surface area contributed by atoms with Crippen molar-refractivity contribution >= 4 is 5.78 Å². The normalized spacial score (nSPS) is 9.94. The number of aromatic nitrogens is 1. The molecule has 0 radical (unpaired) electrons. The summed E-state index contributed by atoms with van der Waals surface area (Å²) in [6.07, 6.45) is 3.28. The minimum atomic E-state index is -0.0648. The summed E-state index contributed by atoms with van der Waals surface area (Å²) < 4.78 is 5.38. The first-order valence-electron chi connectivity index (χ1n) is 5.38. The molecule has 3 heteroatoms. The van der Waals surface area contributed by atoms with Crippen LogP contribution in [0.25, 0.3) is 0 Å². The van der Waals surface area contributed by atoms with Crippen LogP contribution in [0.5, 0.6) is 5.75 Å². The molecule has 17 heavy (non-hydrogen) atoms. The number of Topliss-reactive ketones (excluding diaryl/α,β-unsaturated/α-hetero) is 1. The number of benzene rings is 1. The van der Waals surface area contributed by atoms with E-state index in [0.29, 0.717) is 11.3 Å². The van der Waals surface area contributed by atoms with Crippen LogP contribution in [0, 0.1) is 6.92 Å². The fourth-order valence-corrected chi connectivity index (χ4v) is 1.46. The van der Waals surface area contributed by atoms with Crippen LogP contribution in [0.3, 0.4) is 0 Å². The molecule has 0 fully saturated rings. The molecule has 0 bridgehead atoms. The second-order valence-electron chi connectivity index (χ2n) is 3.78. The molecule has 0 aliphatic heterocycles. The fraction of sp³-hybridized carbons (Fsp3) is 0.143. The van der Waals surface area contributed by atoms with Gasteiger partial charge in [-0.3, -0.25) is 9.78 Å². The maximum absolute atomic E-state index is 11.8. The Morgan fingerprint density at radius 2 is 2.00 bits per heavy atom. The number of rotatable bonds is 4. The molecular formula is C14H13NO2. The minimum absolute atomic E-state index is 0.0369. The minimum Gasteiger partial charge on any atom is -0.485 e. The molecule has 3 nitrogen and oxygen atoms in total. The van der Waals surface area contributed by atoms with Gasteiger partial charge in [0.1, 0.15) is 5.75 Å². The standard InChI is InChI=1S/C14H13NO2/c1-11-7-12(9-15-8-11)14(16)10-17-13-5-3-2-4-6-13/h2-9H,10H2,1H3. The highest BCUT2D eigenvalue weighted by atomic mass is 16.5. The summed E-state index contributed by atoms with van der Waals surface area (Å²) in [5.74, 6) is 0.631. The number of carbonyl (C=O) groups is 1. The molecule has 2 rings (SSSR count). The lowest BCUT2D eigenvalue weighted by Gasteiger charge is -2.05. The third kappa shape index (κ3) is 3.14. The molecule has 86 valence electrons. The Bertz CT molecular complexity index is 509. The van der Waals surface area contributed by atoms with E-state index in [9.17, 15) is 4.79 Å². The molecule has 0 spiro atoms.